The lowest BCUT2D eigenvalue weighted by Gasteiger charge is -2.33. The lowest BCUT2D eigenvalue weighted by molar-refractivity contribution is 0.669. The molecule has 15 rings (SSSR count). The fraction of sp³-hybridized carbons (Fsp3) is 0.0149. The average molecular weight is 924 g/mol. The van der Waals surface area contributed by atoms with Gasteiger partial charge in [-0.15, -0.1) is 11.3 Å². The number of furan rings is 2. The predicted molar refractivity (Wildman–Crippen MR) is 297 cm³/mol. The molecular weight excluding hydrogens is 883 g/mol. The number of anilines is 3. The Kier molecular flexibility index (Phi) is 8.74. The topological polar surface area (TPSA) is 29.5 Å². The van der Waals surface area contributed by atoms with Crippen molar-refractivity contribution >= 4 is 92.4 Å². The van der Waals surface area contributed by atoms with Gasteiger partial charge in [0.1, 0.15) is 22.3 Å². The molecule has 4 heteroatoms. The van der Waals surface area contributed by atoms with Crippen molar-refractivity contribution in [1.82, 2.24) is 0 Å². The molecule has 332 valence electrons. The number of rotatable bonds is 7. The number of hydrogen-bond donors (Lipinski definition) is 0. The number of fused-ring (bicyclic) bond motifs is 13. The van der Waals surface area contributed by atoms with Gasteiger partial charge in [0.05, 0.1) is 15.8 Å². The van der Waals surface area contributed by atoms with Crippen LogP contribution in [0.2, 0.25) is 0 Å². The molecule has 3 aromatic heterocycles. The van der Waals surface area contributed by atoms with E-state index in [0.717, 1.165) is 83.2 Å². The standard InChI is InChI=1S/C67H41NO2S/c1-3-16-44(17-4-1)67(45-18-5-2-6-19-45)57-28-10-7-22-56(57)62-58(67)41-40-55-54-27-15-29-59(65(54)71-66(55)62)68(46-36-32-42(33-37-46)48-23-13-25-52-50-20-8-11-30-60(50)69-63(48)52)47-38-34-43(35-39-47)49-24-14-26-53-51-21-9-12-31-61(51)70-64(49)53/h1-41H. The van der Waals surface area contributed by atoms with Crippen molar-refractivity contribution < 1.29 is 8.83 Å². The second-order valence-electron chi connectivity index (χ2n) is 18.6. The molecule has 0 N–H and O–H groups in total. The maximum absolute atomic E-state index is 6.52. The normalized spacial score (nSPS) is 12.9. The van der Waals surface area contributed by atoms with Crippen LogP contribution >= 0.6 is 11.3 Å². The summed E-state index contributed by atoms with van der Waals surface area (Å²) in [5.74, 6) is 0. The number of nitrogens with zero attached hydrogens (tertiary/aromatic N) is 1. The molecular formula is C67H41NO2S. The fourth-order valence-corrected chi connectivity index (χ4v) is 13.3. The Morgan fingerprint density at radius 1 is 0.324 bits per heavy atom. The largest absolute Gasteiger partial charge is 0.455 e. The van der Waals surface area contributed by atoms with Crippen molar-refractivity contribution in [2.24, 2.45) is 0 Å². The van der Waals surface area contributed by atoms with Gasteiger partial charge in [-0.2, -0.15) is 0 Å². The third kappa shape index (κ3) is 5.83. The van der Waals surface area contributed by atoms with Crippen LogP contribution in [0.5, 0.6) is 0 Å². The molecule has 1 aliphatic rings. The molecule has 71 heavy (non-hydrogen) atoms. The van der Waals surface area contributed by atoms with Crippen LogP contribution in [0.4, 0.5) is 17.1 Å². The van der Waals surface area contributed by atoms with E-state index in [2.05, 4.69) is 229 Å². The first-order valence-corrected chi connectivity index (χ1v) is 25.1. The summed E-state index contributed by atoms with van der Waals surface area (Å²) >= 11 is 1.91. The Morgan fingerprint density at radius 3 is 1.38 bits per heavy atom. The molecule has 0 aliphatic heterocycles. The molecule has 0 atom stereocenters. The van der Waals surface area contributed by atoms with Gasteiger partial charge in [-0.25, -0.2) is 0 Å². The molecule has 1 aliphatic carbocycles. The van der Waals surface area contributed by atoms with Gasteiger partial charge in [0.25, 0.3) is 0 Å². The van der Waals surface area contributed by atoms with Crippen molar-refractivity contribution in [3.8, 4) is 33.4 Å². The quantitative estimate of drug-likeness (QED) is 0.160. The highest BCUT2D eigenvalue weighted by molar-refractivity contribution is 7.27. The second kappa shape index (κ2) is 15.5. The van der Waals surface area contributed by atoms with Crippen LogP contribution in [0, 0.1) is 0 Å². The molecule has 0 saturated heterocycles. The summed E-state index contributed by atoms with van der Waals surface area (Å²) in [5, 5.41) is 7.01. The first-order valence-electron chi connectivity index (χ1n) is 24.2. The number of para-hydroxylation sites is 4. The molecule has 0 fully saturated rings. The third-order valence-corrected chi connectivity index (χ3v) is 16.2. The Labute approximate surface area is 413 Å². The molecule has 14 aromatic rings. The summed E-state index contributed by atoms with van der Waals surface area (Å²) in [5.41, 5.74) is 18.5. The fourth-order valence-electron chi connectivity index (χ4n) is 11.9. The van der Waals surface area contributed by atoms with Crippen molar-refractivity contribution in [3.05, 3.63) is 271 Å². The highest BCUT2D eigenvalue weighted by Gasteiger charge is 2.47. The molecule has 0 unspecified atom stereocenters. The Morgan fingerprint density at radius 2 is 0.789 bits per heavy atom. The van der Waals surface area contributed by atoms with Gasteiger partial charge in [-0.1, -0.05) is 206 Å². The first kappa shape index (κ1) is 40.0. The monoisotopic (exact) mass is 923 g/mol. The van der Waals surface area contributed by atoms with Gasteiger partial charge in [0.2, 0.25) is 0 Å². The van der Waals surface area contributed by atoms with E-state index in [4.69, 9.17) is 8.83 Å². The summed E-state index contributed by atoms with van der Waals surface area (Å²) in [6.45, 7) is 0. The zero-order valence-electron chi connectivity index (χ0n) is 38.3. The minimum atomic E-state index is -0.476. The van der Waals surface area contributed by atoms with Gasteiger partial charge in [0, 0.05) is 65.1 Å². The smallest absolute Gasteiger partial charge is 0.143 e. The van der Waals surface area contributed by atoms with E-state index in [1.165, 1.54) is 53.6 Å². The van der Waals surface area contributed by atoms with Crippen LogP contribution in [0.1, 0.15) is 22.3 Å². The molecule has 0 radical (unpaired) electrons. The van der Waals surface area contributed by atoms with Crippen LogP contribution in [-0.4, -0.2) is 0 Å². The van der Waals surface area contributed by atoms with Crippen molar-refractivity contribution in [1.29, 1.82) is 0 Å². The molecule has 0 bridgehead atoms. The summed E-state index contributed by atoms with van der Waals surface area (Å²) in [7, 11) is 0. The van der Waals surface area contributed by atoms with Gasteiger partial charge >= 0.3 is 0 Å². The van der Waals surface area contributed by atoms with Crippen LogP contribution in [0.25, 0.3) is 97.4 Å². The second-order valence-corrected chi connectivity index (χ2v) is 19.7. The van der Waals surface area contributed by atoms with Crippen LogP contribution < -0.4 is 4.90 Å². The van der Waals surface area contributed by atoms with Crippen molar-refractivity contribution in [2.45, 2.75) is 5.41 Å². The van der Waals surface area contributed by atoms with Gasteiger partial charge in [-0.3, -0.25) is 0 Å². The summed E-state index contributed by atoms with van der Waals surface area (Å²) in [6, 6.07) is 90.3. The van der Waals surface area contributed by atoms with Crippen molar-refractivity contribution in [3.63, 3.8) is 0 Å². The maximum Gasteiger partial charge on any atom is 0.143 e. The third-order valence-electron chi connectivity index (χ3n) is 15.0. The summed E-state index contributed by atoms with van der Waals surface area (Å²) in [4.78, 5) is 2.43. The molecule has 11 aromatic carbocycles. The number of thiophene rings is 1. The predicted octanol–water partition coefficient (Wildman–Crippen LogP) is 19.0. The van der Waals surface area contributed by atoms with Gasteiger partial charge in [0.15, 0.2) is 0 Å². The number of benzene rings is 11. The van der Waals surface area contributed by atoms with Crippen LogP contribution in [-0.2, 0) is 5.41 Å². The average Bonchev–Trinajstić information content (AvgIpc) is 4.21. The SMILES string of the molecule is c1ccc(C2(c3ccccc3)c3ccccc3-c3c2ccc2c3sc3c(N(c4ccc(-c5cccc6c5oc5ccccc56)cc4)c4ccc(-c5cccc6c5oc5ccccc56)cc4)cccc32)cc1. The lowest BCUT2D eigenvalue weighted by Crippen LogP contribution is -2.28. The molecule has 3 nitrogen and oxygen atoms in total. The summed E-state index contributed by atoms with van der Waals surface area (Å²) in [6.07, 6.45) is 0. The zero-order valence-corrected chi connectivity index (χ0v) is 39.2. The van der Waals surface area contributed by atoms with Crippen LogP contribution in [0.3, 0.4) is 0 Å². The van der Waals surface area contributed by atoms with Crippen molar-refractivity contribution in [2.75, 3.05) is 4.90 Å². The minimum Gasteiger partial charge on any atom is -0.455 e. The minimum absolute atomic E-state index is 0.476. The van der Waals surface area contributed by atoms with E-state index in [0.29, 0.717) is 0 Å². The Bertz CT molecular complexity index is 4190. The van der Waals surface area contributed by atoms with E-state index < -0.39 is 5.41 Å². The molecule has 3 heterocycles. The Hall–Kier alpha value is -8.96. The molecule has 0 spiro atoms. The van der Waals surface area contributed by atoms with E-state index in [1.54, 1.807) is 0 Å². The highest BCUT2D eigenvalue weighted by atomic mass is 32.1. The lowest BCUT2D eigenvalue weighted by atomic mass is 9.68. The maximum atomic E-state index is 6.52. The van der Waals surface area contributed by atoms with Gasteiger partial charge in [-0.05, 0) is 81.4 Å². The molecule has 0 saturated carbocycles. The Balaban J connectivity index is 0.930. The van der Waals surface area contributed by atoms with E-state index >= 15 is 0 Å². The highest BCUT2D eigenvalue weighted by Crippen LogP contribution is 2.60. The van der Waals surface area contributed by atoms with E-state index in [-0.39, 0.29) is 0 Å². The van der Waals surface area contributed by atoms with E-state index in [1.807, 2.05) is 35.6 Å². The summed E-state index contributed by atoms with van der Waals surface area (Å²) < 4.78 is 15.6. The van der Waals surface area contributed by atoms with E-state index in [9.17, 15) is 0 Å². The number of hydrogen-bond acceptors (Lipinski definition) is 4. The molecule has 0 amide bonds. The van der Waals surface area contributed by atoms with Gasteiger partial charge < -0.3 is 13.7 Å². The first-order chi connectivity index (χ1) is 35.2. The zero-order chi connectivity index (χ0) is 46.6. The van der Waals surface area contributed by atoms with Crippen LogP contribution in [0.15, 0.2) is 258 Å².